The van der Waals surface area contributed by atoms with Gasteiger partial charge >= 0.3 is 5.69 Å². The second-order valence-electron chi connectivity index (χ2n) is 14.9. The van der Waals surface area contributed by atoms with Crippen LogP contribution in [0.5, 0.6) is 5.75 Å². The van der Waals surface area contributed by atoms with E-state index in [0.29, 0.717) is 11.4 Å². The number of nitro benzene ring substituents is 1. The number of nitrogens with one attached hydrogen (secondary N) is 7. The van der Waals surface area contributed by atoms with Crippen LogP contribution in [0.2, 0.25) is 0 Å². The Morgan fingerprint density at radius 3 is 1.82 bits per heavy atom. The van der Waals surface area contributed by atoms with Gasteiger partial charge in [-0.25, -0.2) is 9.97 Å². The van der Waals surface area contributed by atoms with E-state index in [0.717, 1.165) is 12.1 Å². The van der Waals surface area contributed by atoms with Gasteiger partial charge in [0.2, 0.25) is 29.5 Å². The minimum absolute atomic E-state index is 0.0113. The first-order valence-corrected chi connectivity index (χ1v) is 19.0. The lowest BCUT2D eigenvalue weighted by Gasteiger charge is -2.29. The predicted molar refractivity (Wildman–Crippen MR) is 216 cm³/mol. The number of hydrogen-bond donors (Lipinski definition) is 10. The fraction of sp³-hybridized carbons (Fsp3) is 0.385. The summed E-state index contributed by atoms with van der Waals surface area (Å²) < 4.78 is 0. The zero-order valence-corrected chi connectivity index (χ0v) is 33.4. The molecule has 6 amide bonds. The fourth-order valence-electron chi connectivity index (χ4n) is 6.19. The van der Waals surface area contributed by atoms with Crippen molar-refractivity contribution >= 4 is 46.8 Å². The number of nitrogens with zero attached hydrogens (tertiary/aromatic N) is 3. The maximum absolute atomic E-state index is 14.0. The monoisotopic (exact) mass is 830 g/mol. The lowest BCUT2D eigenvalue weighted by atomic mass is 9.98. The first-order chi connectivity index (χ1) is 28.4. The Hall–Kier alpha value is -7.32. The number of imidazole rings is 2. The summed E-state index contributed by atoms with van der Waals surface area (Å²) in [6.45, 7) is 7.00. The Balaban J connectivity index is 1.52. The van der Waals surface area contributed by atoms with Gasteiger partial charge in [-0.2, -0.15) is 0 Å². The number of nitro groups is 1. The van der Waals surface area contributed by atoms with Gasteiger partial charge in [0.15, 0.2) is 5.75 Å². The van der Waals surface area contributed by atoms with Gasteiger partial charge in [0.1, 0.15) is 30.2 Å². The third-order valence-electron chi connectivity index (χ3n) is 9.34. The third-order valence-corrected chi connectivity index (χ3v) is 9.34. The van der Waals surface area contributed by atoms with E-state index >= 15 is 0 Å². The number of carbonyl (C=O) groups is 6. The molecule has 60 heavy (non-hydrogen) atoms. The first-order valence-electron chi connectivity index (χ1n) is 19.0. The number of aromatic nitrogens is 4. The average Bonchev–Trinajstić information content (AvgIpc) is 3.91. The van der Waals surface area contributed by atoms with Crippen LogP contribution in [0.25, 0.3) is 0 Å². The van der Waals surface area contributed by atoms with Gasteiger partial charge in [0, 0.05) is 54.8 Å². The van der Waals surface area contributed by atoms with Crippen LogP contribution in [-0.4, -0.2) is 95.6 Å². The lowest BCUT2D eigenvalue weighted by molar-refractivity contribution is -0.385. The number of anilines is 1. The molecule has 0 saturated carbocycles. The molecule has 0 bridgehead atoms. The molecule has 0 aliphatic heterocycles. The lowest BCUT2D eigenvalue weighted by Crippen LogP contribution is -2.60. The number of nitrogen functional groups attached to an aromatic ring is 1. The molecule has 0 spiro atoms. The van der Waals surface area contributed by atoms with Crippen molar-refractivity contribution in [1.82, 2.24) is 46.5 Å². The number of H-pyrrole nitrogens is 2. The molecule has 0 unspecified atom stereocenters. The molecule has 2 aromatic heterocycles. The van der Waals surface area contributed by atoms with Crippen molar-refractivity contribution in [2.24, 2.45) is 17.6 Å². The second-order valence-corrected chi connectivity index (χ2v) is 14.9. The van der Waals surface area contributed by atoms with Crippen LogP contribution < -0.4 is 38.1 Å². The topological polar surface area (TPSA) is 335 Å². The van der Waals surface area contributed by atoms with E-state index in [1.807, 2.05) is 13.8 Å². The van der Waals surface area contributed by atoms with Gasteiger partial charge in [-0.05, 0) is 42.0 Å². The number of nitrogens with two attached hydrogens (primary N) is 2. The van der Waals surface area contributed by atoms with Gasteiger partial charge in [0.25, 0.3) is 5.91 Å². The molecule has 4 aromatic rings. The van der Waals surface area contributed by atoms with Gasteiger partial charge in [-0.3, -0.25) is 38.9 Å². The number of aromatic amines is 2. The summed E-state index contributed by atoms with van der Waals surface area (Å²) in [6.07, 6.45) is 5.39. The highest BCUT2D eigenvalue weighted by atomic mass is 16.6. The molecule has 0 aliphatic rings. The zero-order valence-electron chi connectivity index (χ0n) is 33.4. The van der Waals surface area contributed by atoms with Gasteiger partial charge in [0.05, 0.1) is 23.1 Å². The van der Waals surface area contributed by atoms with E-state index in [1.54, 1.807) is 32.0 Å². The molecule has 21 heteroatoms. The van der Waals surface area contributed by atoms with E-state index in [-0.39, 0.29) is 48.4 Å². The number of aromatic hydroxyl groups is 1. The van der Waals surface area contributed by atoms with Crippen molar-refractivity contribution in [3.8, 4) is 5.75 Å². The molecule has 0 saturated heterocycles. The normalized spacial score (nSPS) is 13.6. The summed E-state index contributed by atoms with van der Waals surface area (Å²) in [6, 6.07) is 3.44. The number of rotatable bonds is 21. The number of para-hydroxylation sites is 1. The zero-order chi connectivity index (χ0) is 44.1. The van der Waals surface area contributed by atoms with Crippen molar-refractivity contribution < 1.29 is 38.8 Å². The second kappa shape index (κ2) is 20.9. The Morgan fingerprint density at radius 1 is 0.750 bits per heavy atom. The minimum Gasteiger partial charge on any atom is -0.502 e. The minimum atomic E-state index is -1.39. The quantitative estimate of drug-likeness (QED) is 0.0308. The summed E-state index contributed by atoms with van der Waals surface area (Å²) in [7, 11) is 0. The molecule has 2 aromatic carbocycles. The standard InChI is InChI=1S/C39H50N12O9/c1-20(2)11-28(48-37(56)29(14-23-16-42-18-44-23)47-35(54)25-7-5-6-8-26(25)40)38(57)50-33(21(3)4)39(58)49-30(15-24-17-43-19-45-24)36(55)46-27(34(41)53)12-22-9-10-32(52)31(13-22)51(59)60/h5-10,13,16-21,27-30,33,52H,11-12,14-15,40H2,1-4H3,(H2,41,53)(H,42,44)(H,43,45)(H,46,55)(H,47,54)(H,48,56)(H,49,58)(H,50,57)/t27-,28-,29-,30-,33-/m0/s1. The van der Waals surface area contributed by atoms with Gasteiger partial charge in [-0.15, -0.1) is 0 Å². The van der Waals surface area contributed by atoms with Crippen LogP contribution in [0.1, 0.15) is 61.4 Å². The fourth-order valence-corrected chi connectivity index (χ4v) is 6.19. The maximum Gasteiger partial charge on any atom is 0.310 e. The van der Waals surface area contributed by atoms with E-state index < -0.39 is 87.9 Å². The predicted octanol–water partition coefficient (Wildman–Crippen LogP) is 0.282. The smallest absolute Gasteiger partial charge is 0.310 e. The largest absolute Gasteiger partial charge is 0.502 e. The maximum atomic E-state index is 14.0. The van der Waals surface area contributed by atoms with Crippen molar-refractivity contribution in [2.75, 3.05) is 5.73 Å². The number of phenolic OH excluding ortho intramolecular Hbond substituents is 1. The summed E-state index contributed by atoms with van der Waals surface area (Å²) in [5.74, 6) is -5.89. The molecule has 2 heterocycles. The van der Waals surface area contributed by atoms with Crippen molar-refractivity contribution in [3.05, 3.63) is 100 Å². The molecule has 21 nitrogen and oxygen atoms in total. The first kappa shape index (κ1) is 45.4. The van der Waals surface area contributed by atoms with Crippen LogP contribution in [0, 0.1) is 22.0 Å². The number of phenols is 1. The van der Waals surface area contributed by atoms with E-state index in [1.165, 1.54) is 37.2 Å². The molecule has 0 fully saturated rings. The summed E-state index contributed by atoms with van der Waals surface area (Å²) in [5.41, 5.74) is 12.5. The average molecular weight is 831 g/mol. The number of carbonyl (C=O) groups excluding carboxylic acids is 6. The molecule has 320 valence electrons. The van der Waals surface area contributed by atoms with Crippen LogP contribution in [-0.2, 0) is 43.2 Å². The highest BCUT2D eigenvalue weighted by molar-refractivity contribution is 6.02. The summed E-state index contributed by atoms with van der Waals surface area (Å²) >= 11 is 0. The molecular formula is C39H50N12O9. The molecule has 5 atom stereocenters. The van der Waals surface area contributed by atoms with Crippen molar-refractivity contribution in [1.29, 1.82) is 0 Å². The third kappa shape index (κ3) is 12.8. The Morgan fingerprint density at radius 2 is 1.30 bits per heavy atom. The molecular weight excluding hydrogens is 781 g/mol. The number of benzene rings is 2. The van der Waals surface area contributed by atoms with Gasteiger partial charge in [-0.1, -0.05) is 45.9 Å². The number of amides is 6. The molecule has 0 aliphatic carbocycles. The van der Waals surface area contributed by atoms with Crippen LogP contribution in [0.4, 0.5) is 11.4 Å². The number of hydrogen-bond acceptors (Lipinski definition) is 12. The van der Waals surface area contributed by atoms with Gasteiger partial charge < -0.3 is 53.1 Å². The number of primary amides is 1. The van der Waals surface area contributed by atoms with E-state index in [4.69, 9.17) is 11.5 Å². The summed E-state index contributed by atoms with van der Waals surface area (Å²) in [4.78, 5) is 106. The van der Waals surface area contributed by atoms with Crippen LogP contribution in [0.3, 0.4) is 0 Å². The van der Waals surface area contributed by atoms with Crippen LogP contribution >= 0.6 is 0 Å². The highest BCUT2D eigenvalue weighted by Gasteiger charge is 2.34. The highest BCUT2D eigenvalue weighted by Crippen LogP contribution is 2.27. The Kier molecular flexibility index (Phi) is 15.8. The van der Waals surface area contributed by atoms with Crippen molar-refractivity contribution in [3.63, 3.8) is 0 Å². The molecule has 12 N–H and O–H groups in total. The summed E-state index contributed by atoms with van der Waals surface area (Å²) in [5, 5.41) is 34.5. The van der Waals surface area contributed by atoms with E-state index in [2.05, 4.69) is 46.5 Å². The SMILES string of the molecule is CC(C)C[C@H](NC(=O)[C@H](Cc1cnc[nH]1)NC(=O)c1ccccc1N)C(=O)N[C@H](C(=O)N[C@@H](Cc1cnc[nH]1)C(=O)N[C@@H](Cc1ccc(O)c([N+](=O)[O-])c1)C(N)=O)C(C)C. The van der Waals surface area contributed by atoms with E-state index in [9.17, 15) is 44.0 Å². The Labute approximate surface area is 344 Å². The Bertz CT molecular complexity index is 2140. The molecule has 4 rings (SSSR count). The van der Waals surface area contributed by atoms with Crippen LogP contribution in [0.15, 0.2) is 67.5 Å². The van der Waals surface area contributed by atoms with Crippen molar-refractivity contribution in [2.45, 2.75) is 83.6 Å². The molecule has 0 radical (unpaired) electrons.